The molecule has 0 radical (unpaired) electrons. The smallest absolute Gasteiger partial charge is 0.180 e. The summed E-state index contributed by atoms with van der Waals surface area (Å²) in [6.45, 7) is 17.8. The summed E-state index contributed by atoms with van der Waals surface area (Å²) in [5, 5.41) is 5.86. The zero-order chi connectivity index (χ0) is 27.0. The van der Waals surface area contributed by atoms with E-state index in [9.17, 15) is 0 Å². The van der Waals surface area contributed by atoms with Crippen LogP contribution in [0.1, 0.15) is 64.1 Å². The topological polar surface area (TPSA) is 38.9 Å². The van der Waals surface area contributed by atoms with Crippen molar-refractivity contribution in [1.82, 2.24) is 9.97 Å². The van der Waals surface area contributed by atoms with E-state index in [1.54, 1.807) is 0 Å². The first-order valence-electron chi connectivity index (χ1n) is 13.6. The van der Waals surface area contributed by atoms with Gasteiger partial charge in [-0.2, -0.15) is 0 Å². The SMILES string of the molecule is Cc1ccc2cc(-c3nc(C)nc4c3oc3c5ccc(CC(C)(C)C)cc5ccc43)cc(C(C)(C)C)c2c1. The van der Waals surface area contributed by atoms with Gasteiger partial charge in [0.25, 0.3) is 0 Å². The highest BCUT2D eigenvalue weighted by Crippen LogP contribution is 2.40. The molecule has 0 amide bonds. The summed E-state index contributed by atoms with van der Waals surface area (Å²) in [7, 11) is 0. The first-order valence-corrected chi connectivity index (χ1v) is 13.6. The molecule has 0 spiro atoms. The molecule has 4 aromatic carbocycles. The lowest BCUT2D eigenvalue weighted by Crippen LogP contribution is -2.12. The fraction of sp³-hybridized carbons (Fsp3) is 0.314. The lowest BCUT2D eigenvalue weighted by molar-refractivity contribution is 0.411. The van der Waals surface area contributed by atoms with Gasteiger partial charge in [0.1, 0.15) is 22.6 Å². The first kappa shape index (κ1) is 24.6. The predicted molar refractivity (Wildman–Crippen MR) is 161 cm³/mol. The van der Waals surface area contributed by atoms with Gasteiger partial charge in [-0.1, -0.05) is 89.6 Å². The monoisotopic (exact) mass is 500 g/mol. The van der Waals surface area contributed by atoms with Crippen molar-refractivity contribution in [1.29, 1.82) is 0 Å². The fourth-order valence-corrected chi connectivity index (χ4v) is 5.74. The first-order chi connectivity index (χ1) is 17.9. The number of nitrogens with zero attached hydrogens (tertiary/aromatic N) is 2. The van der Waals surface area contributed by atoms with Crippen LogP contribution in [-0.2, 0) is 11.8 Å². The Hall–Kier alpha value is -3.72. The van der Waals surface area contributed by atoms with Crippen LogP contribution in [0.15, 0.2) is 65.1 Å². The average Bonchev–Trinajstić information content (AvgIpc) is 3.19. The highest BCUT2D eigenvalue weighted by atomic mass is 16.3. The molecule has 0 saturated heterocycles. The van der Waals surface area contributed by atoms with Crippen molar-refractivity contribution >= 4 is 43.6 Å². The normalized spacial score (nSPS) is 12.8. The summed E-state index contributed by atoms with van der Waals surface area (Å²) in [5.41, 5.74) is 8.59. The Labute approximate surface area is 224 Å². The molecule has 0 unspecified atom stereocenters. The highest BCUT2D eigenvalue weighted by Gasteiger charge is 2.22. The second-order valence-corrected chi connectivity index (χ2v) is 13.1. The standard InChI is InChI=1S/C35H36N2O/c1-20-9-11-24-17-25(18-29(28(24)15-20)35(6,7)8)30-33-31(37-21(2)36-30)27-14-12-23-16-22(19-34(3,4)5)10-13-26(23)32(27)38-33/h9-18H,19H2,1-8H3. The number of furan rings is 1. The molecule has 0 saturated carbocycles. The number of benzene rings is 4. The average molecular weight is 501 g/mol. The molecule has 0 bridgehead atoms. The van der Waals surface area contributed by atoms with Gasteiger partial charge in [-0.25, -0.2) is 9.97 Å². The van der Waals surface area contributed by atoms with Crippen LogP contribution in [-0.4, -0.2) is 9.97 Å². The maximum absolute atomic E-state index is 6.68. The number of rotatable bonds is 2. The van der Waals surface area contributed by atoms with Crippen LogP contribution in [0.2, 0.25) is 0 Å². The highest BCUT2D eigenvalue weighted by molar-refractivity contribution is 6.15. The van der Waals surface area contributed by atoms with Crippen LogP contribution in [0.4, 0.5) is 0 Å². The van der Waals surface area contributed by atoms with Crippen molar-refractivity contribution < 1.29 is 4.42 Å². The van der Waals surface area contributed by atoms with E-state index in [4.69, 9.17) is 14.4 Å². The lowest BCUT2D eigenvalue weighted by atomic mass is 9.82. The quantitative estimate of drug-likeness (QED) is 0.237. The van der Waals surface area contributed by atoms with Crippen molar-refractivity contribution in [2.75, 3.05) is 0 Å². The Morgan fingerprint density at radius 2 is 1.39 bits per heavy atom. The third-order valence-corrected chi connectivity index (χ3v) is 7.40. The van der Waals surface area contributed by atoms with Crippen LogP contribution in [0.5, 0.6) is 0 Å². The maximum atomic E-state index is 6.68. The predicted octanol–water partition coefficient (Wildman–Crippen LogP) is 9.85. The van der Waals surface area contributed by atoms with Gasteiger partial charge in [-0.15, -0.1) is 0 Å². The summed E-state index contributed by atoms with van der Waals surface area (Å²) in [4.78, 5) is 9.81. The second kappa shape index (κ2) is 8.39. The van der Waals surface area contributed by atoms with Gasteiger partial charge in [-0.05, 0) is 76.6 Å². The molecule has 192 valence electrons. The third-order valence-electron chi connectivity index (χ3n) is 7.40. The molecule has 2 aromatic heterocycles. The van der Waals surface area contributed by atoms with Gasteiger partial charge < -0.3 is 4.42 Å². The van der Waals surface area contributed by atoms with Crippen molar-refractivity contribution in [3.63, 3.8) is 0 Å². The summed E-state index contributed by atoms with van der Waals surface area (Å²) in [5.74, 6) is 0.747. The Kier molecular flexibility index (Phi) is 5.43. The molecule has 2 heterocycles. The van der Waals surface area contributed by atoms with Crippen LogP contribution >= 0.6 is 0 Å². The number of aryl methyl sites for hydroxylation is 2. The molecule has 0 aliphatic carbocycles. The second-order valence-electron chi connectivity index (χ2n) is 13.1. The van der Waals surface area contributed by atoms with Gasteiger partial charge in [0.05, 0.1) is 0 Å². The third kappa shape index (κ3) is 4.24. The number of hydrogen-bond donors (Lipinski definition) is 0. The van der Waals surface area contributed by atoms with E-state index >= 15 is 0 Å². The van der Waals surface area contributed by atoms with E-state index in [1.807, 2.05) is 6.92 Å². The number of aromatic nitrogens is 2. The van der Waals surface area contributed by atoms with Gasteiger partial charge in [0.15, 0.2) is 5.58 Å². The largest absolute Gasteiger partial charge is 0.451 e. The van der Waals surface area contributed by atoms with Crippen LogP contribution < -0.4 is 0 Å². The van der Waals surface area contributed by atoms with E-state index in [-0.39, 0.29) is 10.8 Å². The molecule has 3 nitrogen and oxygen atoms in total. The van der Waals surface area contributed by atoms with E-state index in [1.165, 1.54) is 32.8 Å². The lowest BCUT2D eigenvalue weighted by Gasteiger charge is -2.23. The van der Waals surface area contributed by atoms with Gasteiger partial charge in [-0.3, -0.25) is 0 Å². The van der Waals surface area contributed by atoms with Crippen molar-refractivity contribution in [2.45, 2.75) is 67.2 Å². The molecule has 6 aromatic rings. The van der Waals surface area contributed by atoms with Gasteiger partial charge in [0, 0.05) is 16.3 Å². The summed E-state index contributed by atoms with van der Waals surface area (Å²) < 4.78 is 6.68. The molecule has 6 rings (SSSR count). The molecule has 0 atom stereocenters. The Balaban J connectivity index is 1.62. The summed E-state index contributed by atoms with van der Waals surface area (Å²) >= 11 is 0. The van der Waals surface area contributed by atoms with E-state index < -0.39 is 0 Å². The summed E-state index contributed by atoms with van der Waals surface area (Å²) in [6.07, 6.45) is 1.04. The van der Waals surface area contributed by atoms with Gasteiger partial charge >= 0.3 is 0 Å². The molecule has 38 heavy (non-hydrogen) atoms. The fourth-order valence-electron chi connectivity index (χ4n) is 5.74. The molecule has 3 heteroatoms. The van der Waals surface area contributed by atoms with Crippen LogP contribution in [0.3, 0.4) is 0 Å². The molecule has 0 aliphatic rings. The Bertz CT molecular complexity index is 1880. The minimum absolute atomic E-state index is 0.0158. The zero-order valence-electron chi connectivity index (χ0n) is 23.8. The van der Waals surface area contributed by atoms with Crippen LogP contribution in [0, 0.1) is 19.3 Å². The maximum Gasteiger partial charge on any atom is 0.180 e. The van der Waals surface area contributed by atoms with Gasteiger partial charge in [0.2, 0.25) is 0 Å². The van der Waals surface area contributed by atoms with Crippen molar-refractivity contribution in [3.8, 4) is 11.3 Å². The molecule has 0 aliphatic heterocycles. The molecule has 0 N–H and O–H groups in total. The van der Waals surface area contributed by atoms with E-state index in [0.29, 0.717) is 0 Å². The molecular formula is C35H36N2O. The number of fused-ring (bicyclic) bond motifs is 6. The van der Waals surface area contributed by atoms with Crippen LogP contribution in [0.25, 0.3) is 54.9 Å². The Morgan fingerprint density at radius 3 is 2.13 bits per heavy atom. The summed E-state index contributed by atoms with van der Waals surface area (Å²) in [6, 6.07) is 22.3. The minimum Gasteiger partial charge on any atom is -0.451 e. The minimum atomic E-state index is -0.0158. The van der Waals surface area contributed by atoms with E-state index in [2.05, 4.69) is 109 Å². The zero-order valence-corrected chi connectivity index (χ0v) is 23.8. The van der Waals surface area contributed by atoms with Crippen molar-refractivity contribution in [2.24, 2.45) is 5.41 Å². The van der Waals surface area contributed by atoms with Crippen molar-refractivity contribution in [3.05, 3.63) is 83.2 Å². The molecule has 0 fully saturated rings. The molecular weight excluding hydrogens is 464 g/mol. The Morgan fingerprint density at radius 1 is 0.684 bits per heavy atom. The number of hydrogen-bond acceptors (Lipinski definition) is 3. The van der Waals surface area contributed by atoms with E-state index in [0.717, 1.165) is 51.0 Å².